The minimum absolute atomic E-state index is 0.198. The van der Waals surface area contributed by atoms with Crippen molar-refractivity contribution in [1.82, 2.24) is 0 Å². The minimum Gasteiger partial charge on any atom is -0.494 e. The van der Waals surface area contributed by atoms with Crippen molar-refractivity contribution in [2.45, 2.75) is 16.7 Å². The average Bonchev–Trinajstić information content (AvgIpc) is 2.51. The molecule has 0 aliphatic carbocycles. The van der Waals surface area contributed by atoms with Crippen molar-refractivity contribution >= 4 is 50.9 Å². The van der Waals surface area contributed by atoms with E-state index in [0.717, 1.165) is 25.8 Å². The van der Waals surface area contributed by atoms with Crippen LogP contribution in [0, 0.1) is 0 Å². The van der Waals surface area contributed by atoms with Gasteiger partial charge in [0.15, 0.2) is 0 Å². The number of hydrogen-bond donors (Lipinski definition) is 0. The van der Waals surface area contributed by atoms with Crippen LogP contribution in [0.25, 0.3) is 0 Å². The van der Waals surface area contributed by atoms with Crippen LogP contribution < -0.4 is 9.47 Å². The zero-order valence-corrected chi connectivity index (χ0v) is 16.3. The normalized spacial score (nSPS) is 10.3. The molecule has 0 fully saturated rings. The molecule has 0 atom stereocenters. The van der Waals surface area contributed by atoms with Gasteiger partial charge in [-0.1, -0.05) is 35.0 Å². The third kappa shape index (κ3) is 6.30. The van der Waals surface area contributed by atoms with E-state index in [0.29, 0.717) is 13.2 Å². The molecule has 0 N–H and O–H groups in total. The van der Waals surface area contributed by atoms with Crippen LogP contribution in [-0.4, -0.2) is 13.2 Å². The Balaban J connectivity index is 2.00. The first-order valence-electron chi connectivity index (χ1n) is 6.92. The second kappa shape index (κ2) is 9.48. The fraction of sp³-hybridized carbons (Fsp3) is 0.176. The molecular weight excluding hydrogens is 419 g/mol. The van der Waals surface area contributed by atoms with E-state index < -0.39 is 0 Å². The lowest BCUT2D eigenvalue weighted by atomic mass is 10.3. The molecule has 0 bridgehead atoms. The molecule has 0 saturated carbocycles. The highest BCUT2D eigenvalue weighted by Gasteiger charge is 2.04. The van der Waals surface area contributed by atoms with Crippen LogP contribution in [-0.2, 0) is 0 Å². The van der Waals surface area contributed by atoms with Gasteiger partial charge in [0, 0.05) is 9.79 Å². The molecule has 122 valence electrons. The fourth-order valence-electron chi connectivity index (χ4n) is 1.76. The molecule has 0 amide bonds. The number of halogens is 3. The van der Waals surface area contributed by atoms with E-state index in [-0.39, 0.29) is 4.49 Å². The smallest absolute Gasteiger partial charge is 0.134 e. The highest BCUT2D eigenvalue weighted by atomic mass is 79.9. The molecule has 0 heterocycles. The molecule has 0 aliphatic heterocycles. The second-order valence-electron chi connectivity index (χ2n) is 4.40. The predicted octanol–water partition coefficient (Wildman–Crippen LogP) is 6.70. The standard InChI is InChI=1S/C17H15BrCl2O2S/c1-2-21-12-3-5-13(6-4-12)23-14-7-8-16(15(18)11-14)22-10-9-17(19)20/h3-9,11H,2,10H2,1H3. The predicted molar refractivity (Wildman–Crippen MR) is 101 cm³/mol. The Morgan fingerprint density at radius 2 is 1.78 bits per heavy atom. The molecule has 0 unspecified atom stereocenters. The maximum absolute atomic E-state index is 5.58. The molecule has 6 heteroatoms. The van der Waals surface area contributed by atoms with Crippen LogP contribution in [0.2, 0.25) is 0 Å². The van der Waals surface area contributed by atoms with Gasteiger partial charge in [-0.3, -0.25) is 0 Å². The van der Waals surface area contributed by atoms with E-state index >= 15 is 0 Å². The summed E-state index contributed by atoms with van der Waals surface area (Å²) in [5.74, 6) is 1.62. The third-order valence-electron chi connectivity index (χ3n) is 2.75. The monoisotopic (exact) mass is 432 g/mol. The lowest BCUT2D eigenvalue weighted by Gasteiger charge is -2.09. The highest BCUT2D eigenvalue weighted by Crippen LogP contribution is 2.34. The average molecular weight is 434 g/mol. The summed E-state index contributed by atoms with van der Waals surface area (Å²) < 4.78 is 12.1. The Labute approximate surface area is 158 Å². The minimum atomic E-state index is 0.198. The van der Waals surface area contributed by atoms with Crippen LogP contribution in [0.5, 0.6) is 11.5 Å². The van der Waals surface area contributed by atoms with Crippen LogP contribution in [0.1, 0.15) is 6.92 Å². The van der Waals surface area contributed by atoms with E-state index in [2.05, 4.69) is 15.9 Å². The van der Waals surface area contributed by atoms with Crippen LogP contribution >= 0.6 is 50.9 Å². The van der Waals surface area contributed by atoms with Gasteiger partial charge in [-0.2, -0.15) is 0 Å². The largest absolute Gasteiger partial charge is 0.494 e. The summed E-state index contributed by atoms with van der Waals surface area (Å²) in [4.78, 5) is 2.25. The molecular formula is C17H15BrCl2O2S. The number of ether oxygens (including phenoxy) is 2. The van der Waals surface area contributed by atoms with Crippen molar-refractivity contribution < 1.29 is 9.47 Å². The Morgan fingerprint density at radius 3 is 2.39 bits per heavy atom. The summed E-state index contributed by atoms with van der Waals surface area (Å²) in [6.45, 7) is 2.97. The van der Waals surface area contributed by atoms with Gasteiger partial charge < -0.3 is 9.47 Å². The van der Waals surface area contributed by atoms with Gasteiger partial charge in [0.05, 0.1) is 11.1 Å². The van der Waals surface area contributed by atoms with Gasteiger partial charge in [-0.25, -0.2) is 0 Å². The zero-order valence-electron chi connectivity index (χ0n) is 12.4. The summed E-state index contributed by atoms with van der Waals surface area (Å²) >= 11 is 16.3. The van der Waals surface area contributed by atoms with Crippen LogP contribution in [0.4, 0.5) is 0 Å². The first kappa shape index (κ1) is 18.5. The van der Waals surface area contributed by atoms with Crippen molar-refractivity contribution in [3.05, 3.63) is 57.5 Å². The van der Waals surface area contributed by atoms with Gasteiger partial charge in [-0.15, -0.1) is 0 Å². The zero-order chi connectivity index (χ0) is 16.7. The molecule has 0 spiro atoms. The summed E-state index contributed by atoms with van der Waals surface area (Å²) in [5.41, 5.74) is 0. The number of benzene rings is 2. The van der Waals surface area contributed by atoms with Crippen molar-refractivity contribution in [2.75, 3.05) is 13.2 Å². The van der Waals surface area contributed by atoms with Gasteiger partial charge in [-0.05, 0) is 71.4 Å². The van der Waals surface area contributed by atoms with E-state index in [1.807, 2.05) is 49.4 Å². The maximum Gasteiger partial charge on any atom is 0.134 e. The number of rotatable bonds is 7. The first-order valence-corrected chi connectivity index (χ1v) is 9.29. The maximum atomic E-state index is 5.58. The summed E-state index contributed by atoms with van der Waals surface area (Å²) in [7, 11) is 0. The van der Waals surface area contributed by atoms with Gasteiger partial charge in [0.1, 0.15) is 22.6 Å². The van der Waals surface area contributed by atoms with Crippen LogP contribution in [0.15, 0.2) is 67.3 Å². The van der Waals surface area contributed by atoms with E-state index in [9.17, 15) is 0 Å². The molecule has 0 aromatic heterocycles. The molecule has 0 radical (unpaired) electrons. The molecule has 2 aromatic rings. The second-order valence-corrected chi connectivity index (χ2v) is 7.41. The Bertz CT molecular complexity index is 671. The van der Waals surface area contributed by atoms with Crippen molar-refractivity contribution in [3.8, 4) is 11.5 Å². The van der Waals surface area contributed by atoms with E-state index in [1.165, 1.54) is 0 Å². The lowest BCUT2D eigenvalue weighted by Crippen LogP contribution is -1.94. The molecule has 23 heavy (non-hydrogen) atoms. The molecule has 2 aromatic carbocycles. The van der Waals surface area contributed by atoms with Crippen molar-refractivity contribution in [2.24, 2.45) is 0 Å². The Hall–Kier alpha value is -0.810. The topological polar surface area (TPSA) is 18.5 Å². The van der Waals surface area contributed by atoms with Gasteiger partial charge in [0.2, 0.25) is 0 Å². The van der Waals surface area contributed by atoms with E-state index in [4.69, 9.17) is 32.7 Å². The van der Waals surface area contributed by atoms with E-state index in [1.54, 1.807) is 17.8 Å². The summed E-state index contributed by atoms with van der Waals surface area (Å²) in [6.07, 6.45) is 1.60. The molecule has 2 nitrogen and oxygen atoms in total. The van der Waals surface area contributed by atoms with Crippen molar-refractivity contribution in [3.63, 3.8) is 0 Å². The highest BCUT2D eigenvalue weighted by molar-refractivity contribution is 9.10. The SMILES string of the molecule is CCOc1ccc(Sc2ccc(OCC=C(Cl)Cl)c(Br)c2)cc1. The van der Waals surface area contributed by atoms with Gasteiger partial charge >= 0.3 is 0 Å². The Morgan fingerprint density at radius 1 is 1.09 bits per heavy atom. The van der Waals surface area contributed by atoms with Crippen LogP contribution in [0.3, 0.4) is 0 Å². The molecule has 2 rings (SSSR count). The Kier molecular flexibility index (Phi) is 7.63. The summed E-state index contributed by atoms with van der Waals surface area (Å²) in [6, 6.07) is 14.0. The first-order chi connectivity index (χ1) is 11.1. The molecule has 0 aliphatic rings. The lowest BCUT2D eigenvalue weighted by molar-refractivity contribution is 0.340. The third-order valence-corrected chi connectivity index (χ3v) is 4.68. The molecule has 0 saturated heterocycles. The quantitative estimate of drug-likeness (QED) is 0.484. The van der Waals surface area contributed by atoms with Gasteiger partial charge in [0.25, 0.3) is 0 Å². The number of hydrogen-bond acceptors (Lipinski definition) is 3. The summed E-state index contributed by atoms with van der Waals surface area (Å²) in [5, 5.41) is 0. The fourth-order valence-corrected chi connectivity index (χ4v) is 3.39. The van der Waals surface area contributed by atoms with Crippen molar-refractivity contribution in [1.29, 1.82) is 0 Å².